The van der Waals surface area contributed by atoms with Gasteiger partial charge in [0.15, 0.2) is 0 Å². The van der Waals surface area contributed by atoms with Gasteiger partial charge in [-0.05, 0) is 0 Å². The summed E-state index contributed by atoms with van der Waals surface area (Å²) in [7, 11) is 0. The largest absolute Gasteiger partial charge is 0.379 e. The summed E-state index contributed by atoms with van der Waals surface area (Å²) in [5.41, 5.74) is 0. The van der Waals surface area contributed by atoms with E-state index in [0.717, 1.165) is 0 Å². The molecule has 5 heavy (non-hydrogen) atoms. The summed E-state index contributed by atoms with van der Waals surface area (Å²) in [6.45, 7) is -3.67. The van der Waals surface area contributed by atoms with Crippen molar-refractivity contribution in [2.24, 2.45) is 0 Å². The number of alkyl halides is 3. The third-order valence-electron chi connectivity index (χ3n) is 0. The molecule has 0 atom stereocenters. The number of rotatable bonds is 0. The maximum absolute atomic E-state index is 9.67. The average molecular weight is 279 g/mol. The van der Waals surface area contributed by atoms with Crippen LogP contribution in [0.2, 0.25) is 0 Å². The Balaban J connectivity index is 0. The van der Waals surface area contributed by atoms with Crippen LogP contribution in [-0.4, -0.2) is 32.9 Å². The van der Waals surface area contributed by atoms with E-state index in [9.17, 15) is 13.2 Å². The Morgan fingerprint density at radius 2 is 1.00 bits per heavy atom. The van der Waals surface area contributed by atoms with Gasteiger partial charge in [0.05, 0.1) is 0 Å². The maximum atomic E-state index is 9.67. The summed E-state index contributed by atoms with van der Waals surface area (Å²) in [6, 6.07) is 0. The molecule has 0 aliphatic carbocycles. The van der Waals surface area contributed by atoms with E-state index in [2.05, 4.69) is 0 Å². The fraction of sp³-hybridized carbons (Fsp3) is 1.00. The molecule has 0 bridgehead atoms. The van der Waals surface area contributed by atoms with Gasteiger partial charge >= 0.3 is 6.68 Å². The summed E-state index contributed by atoms with van der Waals surface area (Å²) >= 11 is 0. The number of hydrogen-bond acceptors (Lipinski definition) is 0. The van der Waals surface area contributed by atoms with Crippen LogP contribution in [0.25, 0.3) is 0 Å². The molecule has 0 rings (SSSR count). The molecule has 0 aromatic heterocycles. The van der Waals surface area contributed by atoms with E-state index in [1.165, 1.54) is 0 Å². The summed E-state index contributed by atoms with van der Waals surface area (Å²) in [4.78, 5) is 0. The standard InChI is InChI=1S/CHF3.Bi/c2-1(3)4;/h1H;. The molecule has 0 aromatic carbocycles. The van der Waals surface area contributed by atoms with E-state index < -0.39 is 6.68 Å². The molecule has 0 amide bonds. The monoisotopic (exact) mass is 279 g/mol. The van der Waals surface area contributed by atoms with Crippen molar-refractivity contribution >= 4 is 26.2 Å². The van der Waals surface area contributed by atoms with E-state index in [4.69, 9.17) is 0 Å². The first kappa shape index (κ1) is 9.18. The molecule has 0 spiro atoms. The second-order valence-corrected chi connectivity index (χ2v) is 0.247. The normalized spacial score (nSPS) is 7.20. The van der Waals surface area contributed by atoms with Gasteiger partial charge in [-0.25, -0.2) is 0 Å². The molecule has 0 fully saturated rings. The quantitative estimate of drug-likeness (QED) is 0.575. The van der Waals surface area contributed by atoms with E-state index in [1.54, 1.807) is 0 Å². The van der Waals surface area contributed by atoms with Crippen LogP contribution in [0.3, 0.4) is 0 Å². The van der Waals surface area contributed by atoms with Crippen molar-refractivity contribution in [2.45, 2.75) is 6.68 Å². The van der Waals surface area contributed by atoms with Crippen molar-refractivity contribution in [3.63, 3.8) is 0 Å². The van der Waals surface area contributed by atoms with Crippen molar-refractivity contribution in [2.75, 3.05) is 0 Å². The zero-order chi connectivity index (χ0) is 3.58. The Kier molecular flexibility index (Phi) is 8.58. The van der Waals surface area contributed by atoms with Gasteiger partial charge in [-0.1, -0.05) is 0 Å². The molecule has 0 saturated carbocycles. The van der Waals surface area contributed by atoms with E-state index in [0.29, 0.717) is 0 Å². The molecule has 3 radical (unpaired) electrons. The number of halogens is 3. The van der Waals surface area contributed by atoms with Crippen molar-refractivity contribution in [3.8, 4) is 0 Å². The van der Waals surface area contributed by atoms with Gasteiger partial charge in [0.25, 0.3) is 0 Å². The SMILES string of the molecule is FC(F)F.[Bi]. The molecular weight excluding hydrogens is 278 g/mol. The topological polar surface area (TPSA) is 0 Å². The fourth-order valence-corrected chi connectivity index (χ4v) is 0. The summed E-state index contributed by atoms with van der Waals surface area (Å²) in [5.74, 6) is 0. The molecule has 31 valence electrons. The van der Waals surface area contributed by atoms with Gasteiger partial charge in [0, 0.05) is 26.2 Å². The Morgan fingerprint density at radius 1 is 1.00 bits per heavy atom. The zero-order valence-corrected chi connectivity index (χ0v) is 5.64. The predicted molar refractivity (Wildman–Crippen MR) is 12.9 cm³/mol. The van der Waals surface area contributed by atoms with Crippen molar-refractivity contribution in [1.29, 1.82) is 0 Å². The van der Waals surface area contributed by atoms with Crippen LogP contribution in [0.4, 0.5) is 13.2 Å². The average Bonchev–Trinajstić information content (AvgIpc) is 0.811. The Bertz CT molecular complexity index is 11.6. The Labute approximate surface area is 46.5 Å². The fourth-order valence-electron chi connectivity index (χ4n) is 0. The van der Waals surface area contributed by atoms with Crippen LogP contribution in [0.5, 0.6) is 0 Å². The minimum Gasteiger partial charge on any atom is -0.174 e. The summed E-state index contributed by atoms with van der Waals surface area (Å²) < 4.78 is 29.0. The first-order valence-corrected chi connectivity index (χ1v) is 0.655. The van der Waals surface area contributed by atoms with E-state index >= 15 is 0 Å². The molecule has 0 aliphatic rings. The third-order valence-corrected chi connectivity index (χ3v) is 0. The van der Waals surface area contributed by atoms with Crippen LogP contribution in [0, 0.1) is 0 Å². The van der Waals surface area contributed by atoms with Crippen LogP contribution >= 0.6 is 0 Å². The van der Waals surface area contributed by atoms with Crippen LogP contribution in [0.15, 0.2) is 0 Å². The first-order valence-electron chi connectivity index (χ1n) is 0.655. The molecule has 4 heteroatoms. The van der Waals surface area contributed by atoms with E-state index in [1.807, 2.05) is 0 Å². The third kappa shape index (κ3) is 73.7. The second kappa shape index (κ2) is 4.67. The molecule has 0 unspecified atom stereocenters. The minimum absolute atomic E-state index is 0. The summed E-state index contributed by atoms with van der Waals surface area (Å²) in [5, 5.41) is 0. The Morgan fingerprint density at radius 3 is 1.00 bits per heavy atom. The zero-order valence-electron chi connectivity index (χ0n) is 2.16. The first-order chi connectivity index (χ1) is 1.73. The van der Waals surface area contributed by atoms with Crippen molar-refractivity contribution in [1.82, 2.24) is 0 Å². The maximum Gasteiger partial charge on any atom is 0.379 e. The second-order valence-electron chi connectivity index (χ2n) is 0.247. The van der Waals surface area contributed by atoms with Crippen molar-refractivity contribution < 1.29 is 13.2 Å². The molecule has 0 nitrogen and oxygen atoms in total. The molecular formula is CHBiF3. The predicted octanol–water partition coefficient (Wildman–Crippen LogP) is 0.798. The molecule has 0 N–H and O–H groups in total. The van der Waals surface area contributed by atoms with Crippen LogP contribution in [-0.2, 0) is 0 Å². The van der Waals surface area contributed by atoms with Crippen LogP contribution in [0.1, 0.15) is 0 Å². The molecule has 0 heterocycles. The summed E-state index contributed by atoms with van der Waals surface area (Å²) in [6.07, 6.45) is 0. The van der Waals surface area contributed by atoms with Gasteiger partial charge in [0.1, 0.15) is 0 Å². The molecule has 0 aliphatic heterocycles. The van der Waals surface area contributed by atoms with Crippen LogP contribution < -0.4 is 0 Å². The van der Waals surface area contributed by atoms with Gasteiger partial charge in [-0.15, -0.1) is 0 Å². The van der Waals surface area contributed by atoms with Gasteiger partial charge in [-0.3, -0.25) is 0 Å². The Hall–Kier alpha value is 0.673. The minimum atomic E-state index is -3.67. The van der Waals surface area contributed by atoms with E-state index in [-0.39, 0.29) is 26.2 Å². The number of hydrogen-bond donors (Lipinski definition) is 0. The van der Waals surface area contributed by atoms with Gasteiger partial charge < -0.3 is 0 Å². The van der Waals surface area contributed by atoms with Gasteiger partial charge in [0.2, 0.25) is 0 Å². The molecule has 0 saturated heterocycles. The van der Waals surface area contributed by atoms with Gasteiger partial charge in [-0.2, -0.15) is 13.2 Å². The molecule has 0 aromatic rings. The smallest absolute Gasteiger partial charge is 0.174 e. The van der Waals surface area contributed by atoms with Crippen molar-refractivity contribution in [3.05, 3.63) is 0 Å².